The van der Waals surface area contributed by atoms with Crippen LogP contribution in [0.3, 0.4) is 0 Å². The SMILES string of the molecule is CN=C(NCCNC(=O)c1ccco1)NC1CCN(c2cc(Cl)ccc2OC)C1. The molecule has 3 N–H and O–H groups in total. The molecule has 1 aliphatic rings. The Balaban J connectivity index is 1.45. The van der Waals surface area contributed by atoms with Crippen molar-refractivity contribution in [3.63, 3.8) is 0 Å². The van der Waals surface area contributed by atoms with Gasteiger partial charge in [0.05, 0.1) is 19.1 Å². The quantitative estimate of drug-likeness (QED) is 0.362. The van der Waals surface area contributed by atoms with Gasteiger partial charge in [-0.15, -0.1) is 0 Å². The number of carbonyl (C=O) groups is 1. The predicted octanol–water partition coefficient (Wildman–Crippen LogP) is 2.12. The van der Waals surface area contributed by atoms with Gasteiger partial charge < -0.3 is 30.0 Å². The number of nitrogens with one attached hydrogen (secondary N) is 3. The molecular weight excluding hydrogens is 394 g/mol. The number of methoxy groups -OCH3 is 1. The van der Waals surface area contributed by atoms with Crippen molar-refractivity contribution in [3.05, 3.63) is 47.4 Å². The zero-order chi connectivity index (χ0) is 20.6. The number of anilines is 1. The van der Waals surface area contributed by atoms with Gasteiger partial charge in [0.15, 0.2) is 11.7 Å². The Bertz CT molecular complexity index is 841. The number of furan rings is 1. The highest BCUT2D eigenvalue weighted by atomic mass is 35.5. The van der Waals surface area contributed by atoms with Gasteiger partial charge in [-0.05, 0) is 36.8 Å². The average molecular weight is 420 g/mol. The highest BCUT2D eigenvalue weighted by molar-refractivity contribution is 6.30. The first-order valence-corrected chi connectivity index (χ1v) is 9.86. The zero-order valence-electron chi connectivity index (χ0n) is 16.6. The van der Waals surface area contributed by atoms with E-state index in [0.717, 1.165) is 30.9 Å². The highest BCUT2D eigenvalue weighted by Crippen LogP contribution is 2.33. The molecule has 1 fully saturated rings. The minimum atomic E-state index is -0.235. The average Bonchev–Trinajstić information content (AvgIpc) is 3.42. The summed E-state index contributed by atoms with van der Waals surface area (Å²) in [5, 5.41) is 10.1. The van der Waals surface area contributed by atoms with Gasteiger partial charge in [-0.1, -0.05) is 11.6 Å². The van der Waals surface area contributed by atoms with Crippen molar-refractivity contribution in [1.29, 1.82) is 0 Å². The van der Waals surface area contributed by atoms with Gasteiger partial charge in [-0.3, -0.25) is 9.79 Å². The number of benzene rings is 1. The molecule has 1 aromatic carbocycles. The summed E-state index contributed by atoms with van der Waals surface area (Å²) in [6.07, 6.45) is 2.44. The lowest BCUT2D eigenvalue weighted by atomic mass is 10.2. The first-order chi connectivity index (χ1) is 14.1. The van der Waals surface area contributed by atoms with Crippen LogP contribution in [-0.2, 0) is 0 Å². The number of rotatable bonds is 7. The fourth-order valence-corrected chi connectivity index (χ4v) is 3.41. The van der Waals surface area contributed by atoms with Crippen molar-refractivity contribution in [2.75, 3.05) is 45.2 Å². The number of halogens is 1. The molecule has 1 aliphatic heterocycles. The largest absolute Gasteiger partial charge is 0.495 e. The summed E-state index contributed by atoms with van der Waals surface area (Å²) in [6, 6.07) is 9.19. The molecule has 1 unspecified atom stereocenters. The fourth-order valence-electron chi connectivity index (χ4n) is 3.25. The number of carbonyl (C=O) groups excluding carboxylic acids is 1. The lowest BCUT2D eigenvalue weighted by Crippen LogP contribution is -2.46. The molecule has 2 aromatic rings. The fraction of sp³-hybridized carbons (Fsp3) is 0.400. The van der Waals surface area contributed by atoms with Crippen LogP contribution in [0.1, 0.15) is 17.0 Å². The first kappa shape index (κ1) is 20.9. The maximum Gasteiger partial charge on any atom is 0.287 e. The Kier molecular flexibility index (Phi) is 7.24. The van der Waals surface area contributed by atoms with Crippen LogP contribution in [0.2, 0.25) is 5.02 Å². The summed E-state index contributed by atoms with van der Waals surface area (Å²) in [6.45, 7) is 2.71. The van der Waals surface area contributed by atoms with E-state index in [1.165, 1.54) is 6.26 Å². The number of amides is 1. The Labute approximate surface area is 175 Å². The number of nitrogens with zero attached hydrogens (tertiary/aromatic N) is 2. The topological polar surface area (TPSA) is 91.1 Å². The van der Waals surface area contributed by atoms with E-state index in [4.69, 9.17) is 20.8 Å². The van der Waals surface area contributed by atoms with Gasteiger partial charge >= 0.3 is 0 Å². The van der Waals surface area contributed by atoms with E-state index in [-0.39, 0.29) is 11.9 Å². The van der Waals surface area contributed by atoms with Crippen LogP contribution in [-0.4, -0.2) is 58.2 Å². The molecule has 0 aliphatic carbocycles. The molecule has 2 heterocycles. The summed E-state index contributed by atoms with van der Waals surface area (Å²) in [5.74, 6) is 1.57. The molecule has 8 nitrogen and oxygen atoms in total. The maximum absolute atomic E-state index is 11.8. The maximum atomic E-state index is 11.8. The van der Waals surface area contributed by atoms with Crippen molar-refractivity contribution < 1.29 is 13.9 Å². The summed E-state index contributed by atoms with van der Waals surface area (Å²) >= 11 is 6.16. The molecule has 3 rings (SSSR count). The van der Waals surface area contributed by atoms with Gasteiger partial charge in [-0.2, -0.15) is 0 Å². The highest BCUT2D eigenvalue weighted by Gasteiger charge is 2.25. The monoisotopic (exact) mass is 419 g/mol. The predicted molar refractivity (Wildman–Crippen MR) is 114 cm³/mol. The summed E-state index contributed by atoms with van der Waals surface area (Å²) < 4.78 is 10.5. The third-order valence-electron chi connectivity index (χ3n) is 4.68. The van der Waals surface area contributed by atoms with E-state index < -0.39 is 0 Å². The Morgan fingerprint density at radius 2 is 2.17 bits per heavy atom. The lowest BCUT2D eigenvalue weighted by molar-refractivity contribution is 0.0926. The Morgan fingerprint density at radius 3 is 2.90 bits per heavy atom. The van der Waals surface area contributed by atoms with Gasteiger partial charge in [0.1, 0.15) is 5.75 Å². The molecular formula is C20H26ClN5O3. The third-order valence-corrected chi connectivity index (χ3v) is 4.92. The van der Waals surface area contributed by atoms with Crippen LogP contribution in [0, 0.1) is 0 Å². The van der Waals surface area contributed by atoms with E-state index in [1.54, 1.807) is 26.3 Å². The molecule has 1 aromatic heterocycles. The smallest absolute Gasteiger partial charge is 0.287 e. The van der Waals surface area contributed by atoms with Crippen LogP contribution >= 0.6 is 11.6 Å². The van der Waals surface area contributed by atoms with Crippen LogP contribution in [0.15, 0.2) is 46.0 Å². The van der Waals surface area contributed by atoms with Crippen molar-refractivity contribution >= 4 is 29.2 Å². The second-order valence-electron chi connectivity index (χ2n) is 6.62. The number of hydrogen-bond donors (Lipinski definition) is 3. The van der Waals surface area contributed by atoms with Crippen LogP contribution in [0.4, 0.5) is 5.69 Å². The van der Waals surface area contributed by atoms with E-state index >= 15 is 0 Å². The normalized spacial score (nSPS) is 16.6. The van der Waals surface area contributed by atoms with Crippen LogP contribution in [0.5, 0.6) is 5.75 Å². The molecule has 0 radical (unpaired) electrons. The standard InChI is InChI=1S/C20H26ClN5O3/c1-22-20(24-9-8-23-19(27)18-4-3-11-29-18)25-15-7-10-26(13-15)16-12-14(21)5-6-17(16)28-2/h3-6,11-12,15H,7-10,13H2,1-2H3,(H,23,27)(H2,22,24,25). The van der Waals surface area contributed by atoms with Crippen LogP contribution < -0.4 is 25.6 Å². The molecule has 0 saturated carbocycles. The van der Waals surface area contributed by atoms with Gasteiger partial charge in [0.2, 0.25) is 0 Å². The Hall–Kier alpha value is -2.87. The van der Waals surface area contributed by atoms with Crippen molar-refractivity contribution in [1.82, 2.24) is 16.0 Å². The van der Waals surface area contributed by atoms with E-state index in [9.17, 15) is 4.79 Å². The molecule has 156 valence electrons. The summed E-state index contributed by atoms with van der Waals surface area (Å²) in [4.78, 5) is 18.4. The molecule has 1 atom stereocenters. The molecule has 9 heteroatoms. The number of aliphatic imine (C=N–C) groups is 1. The Morgan fingerprint density at radius 1 is 1.34 bits per heavy atom. The first-order valence-electron chi connectivity index (χ1n) is 9.48. The molecule has 1 amide bonds. The second-order valence-corrected chi connectivity index (χ2v) is 7.06. The summed E-state index contributed by atoms with van der Waals surface area (Å²) in [7, 11) is 3.39. The third kappa shape index (κ3) is 5.57. The van der Waals surface area contributed by atoms with E-state index in [0.29, 0.717) is 29.8 Å². The molecule has 0 bridgehead atoms. The summed E-state index contributed by atoms with van der Waals surface area (Å²) in [5.41, 5.74) is 0.993. The zero-order valence-corrected chi connectivity index (χ0v) is 17.3. The molecule has 29 heavy (non-hydrogen) atoms. The van der Waals surface area contributed by atoms with Gasteiger partial charge in [-0.25, -0.2) is 0 Å². The lowest BCUT2D eigenvalue weighted by Gasteiger charge is -2.22. The molecule has 0 spiro atoms. The van der Waals surface area contributed by atoms with Crippen molar-refractivity contribution in [3.8, 4) is 5.75 Å². The second kappa shape index (κ2) is 10.1. The minimum absolute atomic E-state index is 0.235. The molecule has 1 saturated heterocycles. The minimum Gasteiger partial charge on any atom is -0.495 e. The van der Waals surface area contributed by atoms with Crippen molar-refractivity contribution in [2.24, 2.45) is 4.99 Å². The van der Waals surface area contributed by atoms with E-state index in [2.05, 4.69) is 25.8 Å². The number of ether oxygens (including phenoxy) is 1. The van der Waals surface area contributed by atoms with E-state index in [1.807, 2.05) is 18.2 Å². The van der Waals surface area contributed by atoms with Gasteiger partial charge in [0, 0.05) is 44.3 Å². The number of hydrogen-bond acceptors (Lipinski definition) is 5. The van der Waals surface area contributed by atoms with Crippen molar-refractivity contribution in [2.45, 2.75) is 12.5 Å². The van der Waals surface area contributed by atoms with Gasteiger partial charge in [0.25, 0.3) is 5.91 Å². The number of guanidine groups is 1. The van der Waals surface area contributed by atoms with Crippen LogP contribution in [0.25, 0.3) is 0 Å².